The predicted molar refractivity (Wildman–Crippen MR) is 87.8 cm³/mol. The number of carbonyl (C=O) groups excluding carboxylic acids is 1. The molecule has 1 aromatic heterocycles. The summed E-state index contributed by atoms with van der Waals surface area (Å²) in [5, 5.41) is 8.84. The van der Waals surface area contributed by atoms with Crippen molar-refractivity contribution in [1.29, 1.82) is 5.26 Å². The normalized spacial score (nSPS) is 10.4. The molecule has 0 spiro atoms. The molecule has 1 heterocycles. The fourth-order valence-corrected chi connectivity index (χ4v) is 2.22. The van der Waals surface area contributed by atoms with Crippen molar-refractivity contribution in [1.82, 2.24) is 9.47 Å². The maximum atomic E-state index is 12.7. The van der Waals surface area contributed by atoms with Crippen LogP contribution in [0.5, 0.6) is 0 Å². The van der Waals surface area contributed by atoms with Crippen molar-refractivity contribution < 1.29 is 4.79 Å². The van der Waals surface area contributed by atoms with Gasteiger partial charge in [-0.05, 0) is 37.6 Å². The molecule has 0 fully saturated rings. The molecular formula is C18H19N3O2. The van der Waals surface area contributed by atoms with E-state index in [-0.39, 0.29) is 17.5 Å². The Labute approximate surface area is 135 Å². The largest absolute Gasteiger partial charge is 0.332 e. The summed E-state index contributed by atoms with van der Waals surface area (Å²) in [6.45, 7) is 4.29. The average Bonchev–Trinajstić information content (AvgIpc) is 2.54. The summed E-state index contributed by atoms with van der Waals surface area (Å²) in [5.74, 6) is -0.179. The number of benzene rings is 1. The first-order valence-corrected chi connectivity index (χ1v) is 7.39. The van der Waals surface area contributed by atoms with E-state index in [9.17, 15) is 9.59 Å². The summed E-state index contributed by atoms with van der Waals surface area (Å²) in [4.78, 5) is 26.1. The second-order valence-electron chi connectivity index (χ2n) is 5.70. The van der Waals surface area contributed by atoms with E-state index in [1.54, 1.807) is 36.3 Å². The van der Waals surface area contributed by atoms with Gasteiger partial charge < -0.3 is 9.47 Å². The van der Waals surface area contributed by atoms with Gasteiger partial charge in [0.25, 0.3) is 11.5 Å². The minimum atomic E-state index is -0.210. The van der Waals surface area contributed by atoms with Crippen LogP contribution >= 0.6 is 0 Å². The van der Waals surface area contributed by atoms with Gasteiger partial charge in [0.05, 0.1) is 11.6 Å². The monoisotopic (exact) mass is 309 g/mol. The fourth-order valence-electron chi connectivity index (χ4n) is 2.22. The zero-order valence-electron chi connectivity index (χ0n) is 13.5. The lowest BCUT2D eigenvalue weighted by molar-refractivity contribution is 0.0690. The van der Waals surface area contributed by atoms with Crippen LogP contribution in [0, 0.1) is 11.3 Å². The predicted octanol–water partition coefficient (Wildman–Crippen LogP) is 2.31. The van der Waals surface area contributed by atoms with Crippen LogP contribution in [0.4, 0.5) is 0 Å². The van der Waals surface area contributed by atoms with E-state index in [1.807, 2.05) is 26.0 Å². The Bertz CT molecular complexity index is 798. The lowest BCUT2D eigenvalue weighted by Crippen LogP contribution is -2.37. The molecule has 0 unspecified atom stereocenters. The zero-order valence-corrected chi connectivity index (χ0v) is 13.5. The molecule has 0 radical (unpaired) electrons. The smallest absolute Gasteiger partial charge is 0.254 e. The van der Waals surface area contributed by atoms with E-state index in [1.165, 1.54) is 10.6 Å². The van der Waals surface area contributed by atoms with Crippen molar-refractivity contribution in [3.8, 4) is 6.07 Å². The molecular weight excluding hydrogens is 290 g/mol. The maximum Gasteiger partial charge on any atom is 0.254 e. The standard InChI is InChI=1S/C18H19N3O2/c1-13(2)21(12-15-6-4-14(11-19)5-7-15)18(23)16-8-9-20(3)17(22)10-16/h4-10,13H,12H2,1-3H3. The Morgan fingerprint density at radius 3 is 2.43 bits per heavy atom. The molecule has 0 aliphatic carbocycles. The van der Waals surface area contributed by atoms with E-state index in [0.29, 0.717) is 17.7 Å². The molecule has 1 amide bonds. The van der Waals surface area contributed by atoms with E-state index in [2.05, 4.69) is 6.07 Å². The van der Waals surface area contributed by atoms with Gasteiger partial charge in [-0.25, -0.2) is 0 Å². The first-order valence-electron chi connectivity index (χ1n) is 7.39. The third-order valence-corrected chi connectivity index (χ3v) is 3.67. The molecule has 23 heavy (non-hydrogen) atoms. The SMILES string of the molecule is CC(C)N(Cc1ccc(C#N)cc1)C(=O)c1ccn(C)c(=O)c1. The molecule has 0 atom stereocenters. The van der Waals surface area contributed by atoms with Crippen LogP contribution in [0.1, 0.15) is 35.3 Å². The Kier molecular flexibility index (Phi) is 4.97. The Morgan fingerprint density at radius 2 is 1.91 bits per heavy atom. The number of hydrogen-bond acceptors (Lipinski definition) is 3. The molecule has 0 bridgehead atoms. The number of hydrogen-bond donors (Lipinski definition) is 0. The Balaban J connectivity index is 2.26. The van der Waals surface area contributed by atoms with Gasteiger partial charge in [0.1, 0.15) is 0 Å². The average molecular weight is 309 g/mol. The molecule has 0 saturated heterocycles. The minimum absolute atomic E-state index is 0.0119. The van der Waals surface area contributed by atoms with Crippen LogP contribution in [0.2, 0.25) is 0 Å². The summed E-state index contributed by atoms with van der Waals surface area (Å²) in [6.07, 6.45) is 1.59. The van der Waals surface area contributed by atoms with Crippen LogP contribution in [0.25, 0.3) is 0 Å². The highest BCUT2D eigenvalue weighted by Crippen LogP contribution is 2.13. The van der Waals surface area contributed by atoms with Crippen LogP contribution in [0.3, 0.4) is 0 Å². The fraction of sp³-hybridized carbons (Fsp3) is 0.278. The van der Waals surface area contributed by atoms with E-state index in [0.717, 1.165) is 5.56 Å². The molecule has 2 rings (SSSR count). The molecule has 118 valence electrons. The van der Waals surface area contributed by atoms with E-state index >= 15 is 0 Å². The lowest BCUT2D eigenvalue weighted by Gasteiger charge is -2.27. The van der Waals surface area contributed by atoms with Gasteiger partial charge >= 0.3 is 0 Å². The Hall–Kier alpha value is -2.87. The summed E-state index contributed by atoms with van der Waals surface area (Å²) >= 11 is 0. The lowest BCUT2D eigenvalue weighted by atomic mass is 10.1. The third-order valence-electron chi connectivity index (χ3n) is 3.67. The number of aromatic nitrogens is 1. The number of pyridine rings is 1. The molecule has 5 nitrogen and oxygen atoms in total. The summed E-state index contributed by atoms with van der Waals surface area (Å²) in [5.41, 5.74) is 1.70. The number of carbonyl (C=O) groups is 1. The third kappa shape index (κ3) is 3.86. The van der Waals surface area contributed by atoms with Gasteiger partial charge in [0.2, 0.25) is 0 Å². The second kappa shape index (κ2) is 6.93. The number of nitriles is 1. The molecule has 0 aliphatic rings. The zero-order chi connectivity index (χ0) is 17.0. The molecule has 5 heteroatoms. The summed E-state index contributed by atoms with van der Waals surface area (Å²) in [6, 6.07) is 12.2. The highest BCUT2D eigenvalue weighted by molar-refractivity contribution is 5.94. The number of nitrogens with zero attached hydrogens (tertiary/aromatic N) is 3. The Morgan fingerprint density at radius 1 is 1.26 bits per heavy atom. The minimum Gasteiger partial charge on any atom is -0.332 e. The van der Waals surface area contributed by atoms with Crippen molar-refractivity contribution in [2.75, 3.05) is 0 Å². The van der Waals surface area contributed by atoms with E-state index in [4.69, 9.17) is 5.26 Å². The van der Waals surface area contributed by atoms with Gasteiger partial charge in [-0.15, -0.1) is 0 Å². The summed E-state index contributed by atoms with van der Waals surface area (Å²) < 4.78 is 1.43. The van der Waals surface area contributed by atoms with Crippen molar-refractivity contribution in [2.45, 2.75) is 26.4 Å². The highest BCUT2D eigenvalue weighted by Gasteiger charge is 2.19. The highest BCUT2D eigenvalue weighted by atomic mass is 16.2. The van der Waals surface area contributed by atoms with Gasteiger partial charge in [-0.2, -0.15) is 5.26 Å². The van der Waals surface area contributed by atoms with Crippen LogP contribution in [0.15, 0.2) is 47.4 Å². The van der Waals surface area contributed by atoms with Crippen LogP contribution < -0.4 is 5.56 Å². The van der Waals surface area contributed by atoms with E-state index < -0.39 is 0 Å². The molecule has 1 aromatic carbocycles. The molecule has 0 saturated carbocycles. The number of amides is 1. The van der Waals surface area contributed by atoms with Crippen molar-refractivity contribution in [3.63, 3.8) is 0 Å². The topological polar surface area (TPSA) is 66.1 Å². The number of rotatable bonds is 4. The van der Waals surface area contributed by atoms with Crippen LogP contribution in [-0.2, 0) is 13.6 Å². The molecule has 0 N–H and O–H groups in total. The van der Waals surface area contributed by atoms with Gasteiger partial charge in [0.15, 0.2) is 0 Å². The second-order valence-corrected chi connectivity index (χ2v) is 5.70. The summed E-state index contributed by atoms with van der Waals surface area (Å²) in [7, 11) is 1.65. The molecule has 0 aliphatic heterocycles. The first-order chi connectivity index (χ1) is 10.9. The molecule has 2 aromatic rings. The van der Waals surface area contributed by atoms with Crippen molar-refractivity contribution >= 4 is 5.91 Å². The number of aryl methyl sites for hydroxylation is 1. The maximum absolute atomic E-state index is 12.7. The van der Waals surface area contributed by atoms with Crippen molar-refractivity contribution in [3.05, 3.63) is 69.6 Å². The van der Waals surface area contributed by atoms with Crippen molar-refractivity contribution in [2.24, 2.45) is 7.05 Å². The quantitative estimate of drug-likeness (QED) is 0.870. The van der Waals surface area contributed by atoms with Gasteiger partial charge in [-0.3, -0.25) is 9.59 Å². The van der Waals surface area contributed by atoms with Gasteiger partial charge in [0, 0.05) is 37.5 Å². The van der Waals surface area contributed by atoms with Gasteiger partial charge in [-0.1, -0.05) is 12.1 Å². The first kappa shape index (κ1) is 16.5. The van der Waals surface area contributed by atoms with Crippen LogP contribution in [-0.4, -0.2) is 21.4 Å².